The standard InChI is InChI=1S/C30H38N6O/c1-16-10-17(2)34-28(33-16)36-15-19-14-29-7-6-24(36)26(19)30(29)8-9-35(20-4-3-5-20)25(29)12-18-11-23(31)21(27(32)37)13-22(18)30/h10-11,13,19-20,24-26H,3-9,12,14-15,31H2,1-2H3,(H2,32,37)/t19-,24?,25?,26?,29?,30?/m1/s1. The monoisotopic (exact) mass is 498 g/mol. The molecule has 37 heavy (non-hydrogen) atoms. The molecule has 0 spiro atoms. The number of aromatic nitrogens is 2. The molecule has 8 rings (SSSR count). The van der Waals surface area contributed by atoms with Gasteiger partial charge in [0, 0.05) is 47.2 Å². The minimum Gasteiger partial charge on any atom is -0.398 e. The van der Waals surface area contributed by atoms with Crippen molar-refractivity contribution >= 4 is 17.5 Å². The Kier molecular flexibility index (Phi) is 4.37. The van der Waals surface area contributed by atoms with Crippen molar-refractivity contribution in [3.63, 3.8) is 0 Å². The number of likely N-dealkylation sites (tertiary alicyclic amines) is 1. The second kappa shape index (κ2) is 7.25. The third-order valence-corrected chi connectivity index (χ3v) is 11.7. The van der Waals surface area contributed by atoms with Gasteiger partial charge in [0.15, 0.2) is 0 Å². The molecule has 2 aliphatic heterocycles. The molecule has 2 aromatic rings. The summed E-state index contributed by atoms with van der Waals surface area (Å²) in [6.45, 7) is 6.37. The van der Waals surface area contributed by atoms with Crippen LogP contribution >= 0.6 is 0 Å². The summed E-state index contributed by atoms with van der Waals surface area (Å²) < 4.78 is 0. The van der Waals surface area contributed by atoms with Crippen LogP contribution in [-0.2, 0) is 11.8 Å². The summed E-state index contributed by atoms with van der Waals surface area (Å²) in [5.41, 5.74) is 18.5. The third-order valence-electron chi connectivity index (χ3n) is 11.7. The van der Waals surface area contributed by atoms with E-state index in [0.29, 0.717) is 35.2 Å². The van der Waals surface area contributed by atoms with Crippen LogP contribution in [0.3, 0.4) is 0 Å². The number of benzene rings is 1. The van der Waals surface area contributed by atoms with Crippen LogP contribution in [0, 0.1) is 31.1 Å². The SMILES string of the molecule is Cc1cc(C)nc(N2C[C@H]3CC45CCC2C3C42CCN(C3CCC3)C5Cc3cc(N)c(C(N)=O)cc32)n1. The molecule has 1 amide bonds. The van der Waals surface area contributed by atoms with Crippen molar-refractivity contribution in [1.29, 1.82) is 0 Å². The normalized spacial score (nSPS) is 37.7. The van der Waals surface area contributed by atoms with Gasteiger partial charge < -0.3 is 16.4 Å². The Hall–Kier alpha value is -2.67. The van der Waals surface area contributed by atoms with Gasteiger partial charge in [-0.25, -0.2) is 9.97 Å². The van der Waals surface area contributed by atoms with E-state index in [1.807, 2.05) is 0 Å². The minimum absolute atomic E-state index is 0.0740. The van der Waals surface area contributed by atoms with Gasteiger partial charge in [-0.3, -0.25) is 9.69 Å². The van der Waals surface area contributed by atoms with Crippen LogP contribution in [0.2, 0.25) is 0 Å². The van der Waals surface area contributed by atoms with Crippen LogP contribution in [-0.4, -0.2) is 52.0 Å². The molecule has 3 heterocycles. The molecule has 5 unspecified atom stereocenters. The minimum atomic E-state index is -0.406. The van der Waals surface area contributed by atoms with E-state index in [4.69, 9.17) is 21.4 Å². The molecule has 3 saturated carbocycles. The lowest BCUT2D eigenvalue weighted by molar-refractivity contribution is -0.115. The van der Waals surface area contributed by atoms with Gasteiger partial charge >= 0.3 is 0 Å². The molecule has 6 atom stereocenters. The maximum Gasteiger partial charge on any atom is 0.250 e. The molecule has 194 valence electrons. The van der Waals surface area contributed by atoms with E-state index in [0.717, 1.165) is 36.3 Å². The van der Waals surface area contributed by atoms with E-state index >= 15 is 0 Å². The quantitative estimate of drug-likeness (QED) is 0.628. The zero-order chi connectivity index (χ0) is 25.3. The van der Waals surface area contributed by atoms with Crippen LogP contribution < -0.4 is 16.4 Å². The number of carbonyl (C=O) groups is 1. The second-order valence-electron chi connectivity index (χ2n) is 13.1. The maximum atomic E-state index is 12.5. The first-order valence-electron chi connectivity index (χ1n) is 14.4. The van der Waals surface area contributed by atoms with Crippen molar-refractivity contribution in [2.45, 2.75) is 88.8 Å². The van der Waals surface area contributed by atoms with Crippen LogP contribution in [0.4, 0.5) is 11.6 Å². The summed E-state index contributed by atoms with van der Waals surface area (Å²) in [6, 6.07) is 8.09. The first-order chi connectivity index (χ1) is 17.8. The van der Waals surface area contributed by atoms with Crippen molar-refractivity contribution in [3.05, 3.63) is 46.3 Å². The number of anilines is 2. The fourth-order valence-corrected chi connectivity index (χ4v) is 10.6. The van der Waals surface area contributed by atoms with Gasteiger partial charge in [-0.2, -0.15) is 0 Å². The molecule has 6 aliphatic rings. The Morgan fingerprint density at radius 2 is 1.86 bits per heavy atom. The first-order valence-corrected chi connectivity index (χ1v) is 14.4. The smallest absolute Gasteiger partial charge is 0.250 e. The molecule has 7 heteroatoms. The van der Waals surface area contributed by atoms with E-state index in [2.05, 4.69) is 41.8 Å². The molecule has 2 saturated heterocycles. The Morgan fingerprint density at radius 3 is 2.57 bits per heavy atom. The number of hydrogen-bond acceptors (Lipinski definition) is 6. The van der Waals surface area contributed by atoms with Gasteiger partial charge in [0.05, 0.1) is 5.56 Å². The average Bonchev–Trinajstić information content (AvgIpc) is 3.24. The molecule has 0 radical (unpaired) electrons. The Balaban J connectivity index is 1.31. The molecule has 4 bridgehead atoms. The summed E-state index contributed by atoms with van der Waals surface area (Å²) in [4.78, 5) is 27.8. The Labute approximate surface area is 219 Å². The lowest BCUT2D eigenvalue weighted by Gasteiger charge is -2.68. The highest BCUT2D eigenvalue weighted by Crippen LogP contribution is 2.75. The predicted molar refractivity (Wildman–Crippen MR) is 143 cm³/mol. The van der Waals surface area contributed by atoms with Crippen molar-refractivity contribution in [1.82, 2.24) is 14.9 Å². The van der Waals surface area contributed by atoms with E-state index in [-0.39, 0.29) is 10.8 Å². The molecule has 4 aliphatic carbocycles. The van der Waals surface area contributed by atoms with Gasteiger partial charge in [0.2, 0.25) is 5.95 Å². The molecular formula is C30H38N6O. The zero-order valence-electron chi connectivity index (χ0n) is 22.0. The topological polar surface area (TPSA) is 101 Å². The van der Waals surface area contributed by atoms with E-state index in [9.17, 15) is 4.79 Å². The Bertz CT molecular complexity index is 1320. The van der Waals surface area contributed by atoms with E-state index in [1.165, 1.54) is 62.6 Å². The second-order valence-corrected chi connectivity index (χ2v) is 13.1. The molecular weight excluding hydrogens is 460 g/mol. The number of nitrogens with zero attached hydrogens (tertiary/aromatic N) is 4. The van der Waals surface area contributed by atoms with E-state index in [1.54, 1.807) is 0 Å². The van der Waals surface area contributed by atoms with Crippen LogP contribution in [0.25, 0.3) is 0 Å². The number of hydrogen-bond donors (Lipinski definition) is 2. The van der Waals surface area contributed by atoms with Crippen molar-refractivity contribution in [2.75, 3.05) is 23.7 Å². The average molecular weight is 499 g/mol. The highest BCUT2D eigenvalue weighted by Gasteiger charge is 2.76. The van der Waals surface area contributed by atoms with Gasteiger partial charge in [0.1, 0.15) is 0 Å². The lowest BCUT2D eigenvalue weighted by atomic mass is 9.43. The number of fused-ring (bicyclic) bond motifs is 1. The number of piperidine rings is 1. The highest BCUT2D eigenvalue weighted by molar-refractivity contribution is 5.98. The predicted octanol–water partition coefficient (Wildman–Crippen LogP) is 3.50. The molecule has 4 N–H and O–H groups in total. The molecule has 1 aromatic heterocycles. The fourth-order valence-electron chi connectivity index (χ4n) is 10.6. The van der Waals surface area contributed by atoms with Crippen molar-refractivity contribution in [2.24, 2.45) is 23.0 Å². The van der Waals surface area contributed by atoms with Crippen LogP contribution in [0.1, 0.15) is 77.8 Å². The number of carbonyl (C=O) groups excluding carboxylic acids is 1. The molecule has 1 aromatic carbocycles. The Morgan fingerprint density at radius 1 is 1.08 bits per heavy atom. The number of rotatable bonds is 3. The summed E-state index contributed by atoms with van der Waals surface area (Å²) in [5, 5.41) is 0. The number of nitrogens with two attached hydrogens (primary N) is 2. The van der Waals surface area contributed by atoms with Gasteiger partial charge in [-0.15, -0.1) is 0 Å². The third kappa shape index (κ3) is 2.64. The van der Waals surface area contributed by atoms with Crippen molar-refractivity contribution < 1.29 is 4.79 Å². The summed E-state index contributed by atoms with van der Waals surface area (Å²) >= 11 is 0. The fraction of sp³-hybridized carbons (Fsp3) is 0.633. The van der Waals surface area contributed by atoms with Gasteiger partial charge in [-0.1, -0.05) is 6.42 Å². The largest absolute Gasteiger partial charge is 0.398 e. The summed E-state index contributed by atoms with van der Waals surface area (Å²) in [5.74, 6) is 1.69. The number of nitrogen functional groups attached to an aromatic ring is 1. The number of primary amides is 1. The highest BCUT2D eigenvalue weighted by atomic mass is 16.1. The van der Waals surface area contributed by atoms with Crippen molar-refractivity contribution in [3.8, 4) is 0 Å². The van der Waals surface area contributed by atoms with Gasteiger partial charge in [-0.05, 0) is 112 Å². The summed E-state index contributed by atoms with van der Waals surface area (Å²) in [7, 11) is 0. The number of amides is 1. The summed E-state index contributed by atoms with van der Waals surface area (Å²) in [6.07, 6.45) is 10.0. The van der Waals surface area contributed by atoms with Gasteiger partial charge in [0.25, 0.3) is 5.91 Å². The maximum absolute atomic E-state index is 12.5. The molecule has 5 fully saturated rings. The van der Waals surface area contributed by atoms with Crippen LogP contribution in [0.5, 0.6) is 0 Å². The van der Waals surface area contributed by atoms with Crippen LogP contribution in [0.15, 0.2) is 18.2 Å². The number of aryl methyl sites for hydroxylation is 2. The molecule has 7 nitrogen and oxygen atoms in total. The van der Waals surface area contributed by atoms with E-state index < -0.39 is 5.91 Å². The lowest BCUT2D eigenvalue weighted by Crippen LogP contribution is -2.71. The first kappa shape index (κ1) is 22.3. The zero-order valence-corrected chi connectivity index (χ0v) is 22.0.